The Kier molecular flexibility index (Phi) is 3.02. The van der Waals surface area contributed by atoms with Gasteiger partial charge in [-0.15, -0.1) is 0 Å². The van der Waals surface area contributed by atoms with Crippen LogP contribution < -0.4 is 4.74 Å². The molecule has 0 aliphatic heterocycles. The summed E-state index contributed by atoms with van der Waals surface area (Å²) in [7, 11) is 0. The van der Waals surface area contributed by atoms with Gasteiger partial charge in [0.05, 0.1) is 5.56 Å². The molecule has 0 bridgehead atoms. The monoisotopic (exact) mass is 291 g/mol. The van der Waals surface area contributed by atoms with Gasteiger partial charge in [-0.05, 0) is 30.3 Å². The summed E-state index contributed by atoms with van der Waals surface area (Å²) in [6, 6.07) is 7.48. The summed E-state index contributed by atoms with van der Waals surface area (Å²) in [4.78, 5) is 14.7. The smallest absolute Gasteiger partial charge is 0.400 e. The molecule has 0 fully saturated rings. The lowest BCUT2D eigenvalue weighted by Gasteiger charge is -2.01. The van der Waals surface area contributed by atoms with Crippen molar-refractivity contribution in [2.45, 2.75) is 0 Å². The number of hydrogen-bond donors (Lipinski definition) is 1. The van der Waals surface area contributed by atoms with E-state index in [0.717, 1.165) is 6.07 Å². The van der Waals surface area contributed by atoms with E-state index in [0.29, 0.717) is 5.52 Å². The van der Waals surface area contributed by atoms with Gasteiger partial charge in [-0.2, -0.15) is 9.37 Å². The minimum Gasteiger partial charge on any atom is -0.478 e. The zero-order valence-electron chi connectivity index (χ0n) is 10.3. The third-order valence-electron chi connectivity index (χ3n) is 2.73. The zero-order valence-corrected chi connectivity index (χ0v) is 10.3. The second-order valence-corrected chi connectivity index (χ2v) is 4.12. The molecule has 0 atom stereocenters. The molecule has 3 rings (SSSR count). The summed E-state index contributed by atoms with van der Waals surface area (Å²) in [5.74, 6) is -3.71. The first-order valence-electron chi connectivity index (χ1n) is 5.80. The average molecular weight is 291 g/mol. The van der Waals surface area contributed by atoms with Gasteiger partial charge in [0.1, 0.15) is 5.52 Å². The molecule has 1 N–H and O–H groups in total. The van der Waals surface area contributed by atoms with Crippen LogP contribution in [0.5, 0.6) is 11.8 Å². The van der Waals surface area contributed by atoms with Crippen molar-refractivity contribution in [1.82, 2.24) is 4.98 Å². The predicted octanol–water partition coefficient (Wildman–Crippen LogP) is 3.60. The fraction of sp³-hybridized carbons (Fsp3) is 0. The van der Waals surface area contributed by atoms with Gasteiger partial charge in [-0.3, -0.25) is 0 Å². The molecular weight excluding hydrogens is 284 g/mol. The van der Waals surface area contributed by atoms with E-state index in [-0.39, 0.29) is 23.0 Å². The molecule has 0 unspecified atom stereocenters. The second-order valence-electron chi connectivity index (χ2n) is 4.12. The number of hydrogen-bond acceptors (Lipinski definition) is 4. The number of carboxylic acids is 1. The second kappa shape index (κ2) is 4.86. The molecule has 21 heavy (non-hydrogen) atoms. The molecule has 0 amide bonds. The number of aromatic carboxylic acids is 1. The van der Waals surface area contributed by atoms with Crippen LogP contribution >= 0.6 is 0 Å². The summed E-state index contributed by atoms with van der Waals surface area (Å²) in [6.45, 7) is 0. The molecule has 0 aliphatic carbocycles. The lowest BCUT2D eigenvalue weighted by Crippen LogP contribution is -1.94. The normalized spacial score (nSPS) is 10.8. The van der Waals surface area contributed by atoms with Gasteiger partial charge in [0, 0.05) is 0 Å². The van der Waals surface area contributed by atoms with Crippen LogP contribution in [0.4, 0.5) is 8.78 Å². The van der Waals surface area contributed by atoms with Crippen LogP contribution in [-0.2, 0) is 0 Å². The van der Waals surface area contributed by atoms with Crippen LogP contribution in [0.15, 0.2) is 40.8 Å². The number of aromatic nitrogens is 1. The maximum absolute atomic E-state index is 13.5. The highest BCUT2D eigenvalue weighted by molar-refractivity contribution is 5.91. The molecule has 0 saturated heterocycles. The van der Waals surface area contributed by atoms with Gasteiger partial charge >= 0.3 is 12.0 Å². The van der Waals surface area contributed by atoms with Gasteiger partial charge in [0.2, 0.25) is 5.82 Å². The molecule has 0 aliphatic rings. The van der Waals surface area contributed by atoms with E-state index in [2.05, 4.69) is 4.98 Å². The van der Waals surface area contributed by atoms with Crippen molar-refractivity contribution in [1.29, 1.82) is 0 Å². The van der Waals surface area contributed by atoms with Crippen molar-refractivity contribution >= 4 is 17.1 Å². The van der Waals surface area contributed by atoms with Crippen LogP contribution in [0.3, 0.4) is 0 Å². The Morgan fingerprint density at radius 2 is 2.05 bits per heavy atom. The lowest BCUT2D eigenvalue weighted by molar-refractivity contribution is 0.0697. The molecule has 5 nitrogen and oxygen atoms in total. The minimum atomic E-state index is -1.16. The minimum absolute atomic E-state index is 0.0159. The maximum Gasteiger partial charge on any atom is 0.400 e. The standard InChI is InChI=1S/C14H7F2NO4/c15-8-2-1-3-10(12(8)16)20-14-17-9-5-4-7(13(18)19)6-11(9)21-14/h1-6H,(H,18,19). The third kappa shape index (κ3) is 2.40. The molecule has 1 aromatic heterocycles. The molecule has 0 radical (unpaired) electrons. The average Bonchev–Trinajstić information content (AvgIpc) is 2.85. The van der Waals surface area contributed by atoms with Crippen molar-refractivity contribution < 1.29 is 27.8 Å². The zero-order chi connectivity index (χ0) is 15.0. The Bertz CT molecular complexity index is 844. The lowest BCUT2D eigenvalue weighted by atomic mass is 10.2. The van der Waals surface area contributed by atoms with Crippen LogP contribution in [0.2, 0.25) is 0 Å². The van der Waals surface area contributed by atoms with Gasteiger partial charge < -0.3 is 14.3 Å². The van der Waals surface area contributed by atoms with Gasteiger partial charge in [0.25, 0.3) is 0 Å². The highest BCUT2D eigenvalue weighted by atomic mass is 19.2. The molecular formula is C14H7F2NO4. The summed E-state index contributed by atoms with van der Waals surface area (Å²) in [5, 5.41) is 8.87. The van der Waals surface area contributed by atoms with Crippen molar-refractivity contribution in [3.05, 3.63) is 53.6 Å². The number of rotatable bonds is 3. The van der Waals surface area contributed by atoms with E-state index < -0.39 is 17.6 Å². The van der Waals surface area contributed by atoms with E-state index in [1.165, 1.54) is 30.3 Å². The third-order valence-corrected chi connectivity index (χ3v) is 2.73. The van der Waals surface area contributed by atoms with E-state index in [1.54, 1.807) is 0 Å². The Labute approximate surface area is 116 Å². The fourth-order valence-corrected chi connectivity index (χ4v) is 1.74. The van der Waals surface area contributed by atoms with Crippen molar-refractivity contribution in [2.75, 3.05) is 0 Å². The molecule has 3 aromatic rings. The van der Waals surface area contributed by atoms with Crippen LogP contribution in [0, 0.1) is 11.6 Å². The van der Waals surface area contributed by atoms with E-state index in [1.807, 2.05) is 0 Å². The summed E-state index contributed by atoms with van der Waals surface area (Å²) in [6.07, 6.45) is -0.308. The maximum atomic E-state index is 13.5. The SMILES string of the molecule is O=C(O)c1ccc2nc(Oc3cccc(F)c3F)oc2c1. The number of oxazole rings is 1. The van der Waals surface area contributed by atoms with E-state index in [9.17, 15) is 13.6 Å². The van der Waals surface area contributed by atoms with Gasteiger partial charge in [-0.1, -0.05) is 6.07 Å². The molecule has 2 aromatic carbocycles. The summed E-state index contributed by atoms with van der Waals surface area (Å²) < 4.78 is 36.7. The van der Waals surface area contributed by atoms with Crippen molar-refractivity contribution in [2.24, 2.45) is 0 Å². The number of nitrogens with zero attached hydrogens (tertiary/aromatic N) is 1. The molecule has 1 heterocycles. The number of ether oxygens (including phenoxy) is 1. The van der Waals surface area contributed by atoms with E-state index in [4.69, 9.17) is 14.3 Å². The van der Waals surface area contributed by atoms with Gasteiger partial charge in [0.15, 0.2) is 17.1 Å². The Balaban J connectivity index is 1.98. The Morgan fingerprint density at radius 1 is 1.24 bits per heavy atom. The number of carbonyl (C=O) groups is 1. The molecule has 0 saturated carbocycles. The quantitative estimate of drug-likeness (QED) is 0.798. The Morgan fingerprint density at radius 3 is 2.81 bits per heavy atom. The van der Waals surface area contributed by atoms with Crippen molar-refractivity contribution in [3.63, 3.8) is 0 Å². The number of benzene rings is 2. The van der Waals surface area contributed by atoms with E-state index >= 15 is 0 Å². The number of carboxylic acid groups (broad SMARTS) is 1. The number of halogens is 2. The van der Waals surface area contributed by atoms with Crippen LogP contribution in [0.25, 0.3) is 11.1 Å². The predicted molar refractivity (Wildman–Crippen MR) is 67.4 cm³/mol. The first-order valence-corrected chi connectivity index (χ1v) is 5.80. The fourth-order valence-electron chi connectivity index (χ4n) is 1.74. The molecule has 0 spiro atoms. The largest absolute Gasteiger partial charge is 0.478 e. The highest BCUT2D eigenvalue weighted by Gasteiger charge is 2.14. The molecule has 106 valence electrons. The summed E-state index contributed by atoms with van der Waals surface area (Å²) >= 11 is 0. The first-order chi connectivity index (χ1) is 10.0. The Hall–Kier alpha value is -2.96. The van der Waals surface area contributed by atoms with Crippen molar-refractivity contribution in [3.8, 4) is 11.8 Å². The molecule has 7 heteroatoms. The number of fused-ring (bicyclic) bond motifs is 1. The van der Waals surface area contributed by atoms with Crippen LogP contribution in [-0.4, -0.2) is 16.1 Å². The first kappa shape index (κ1) is 13.0. The summed E-state index contributed by atoms with van der Waals surface area (Å²) in [5.41, 5.74) is 0.524. The topological polar surface area (TPSA) is 72.6 Å². The highest BCUT2D eigenvalue weighted by Crippen LogP contribution is 2.28. The van der Waals surface area contributed by atoms with Gasteiger partial charge in [-0.25, -0.2) is 9.18 Å². The van der Waals surface area contributed by atoms with Crippen LogP contribution in [0.1, 0.15) is 10.4 Å².